The van der Waals surface area contributed by atoms with Crippen molar-refractivity contribution in [1.82, 2.24) is 4.98 Å². The first kappa shape index (κ1) is 8.04. The summed E-state index contributed by atoms with van der Waals surface area (Å²) in [5, 5.41) is 15.1. The fourth-order valence-electron chi connectivity index (χ4n) is 1.30. The Morgan fingerprint density at radius 2 is 2.38 bits per heavy atom. The SMILES string of the molecule is CC1CC=NN1c1ccc(O)cn1. The van der Waals surface area contributed by atoms with E-state index in [0.717, 1.165) is 12.2 Å². The van der Waals surface area contributed by atoms with Gasteiger partial charge in [0.05, 0.1) is 12.2 Å². The summed E-state index contributed by atoms with van der Waals surface area (Å²) < 4.78 is 0. The monoisotopic (exact) mass is 177 g/mol. The van der Waals surface area contributed by atoms with Crippen molar-refractivity contribution < 1.29 is 5.11 Å². The molecule has 68 valence electrons. The molecule has 13 heavy (non-hydrogen) atoms. The van der Waals surface area contributed by atoms with Crippen molar-refractivity contribution in [3.05, 3.63) is 18.3 Å². The predicted molar refractivity (Wildman–Crippen MR) is 51.0 cm³/mol. The average molecular weight is 177 g/mol. The molecule has 0 amide bonds. The lowest BCUT2D eigenvalue weighted by atomic mass is 10.2. The molecule has 4 nitrogen and oxygen atoms in total. The lowest BCUT2D eigenvalue weighted by molar-refractivity contribution is 0.472. The Balaban J connectivity index is 2.25. The minimum absolute atomic E-state index is 0.180. The molecule has 0 aliphatic carbocycles. The molecule has 4 heteroatoms. The second kappa shape index (κ2) is 3.05. The van der Waals surface area contributed by atoms with Crippen LogP contribution in [0.2, 0.25) is 0 Å². The van der Waals surface area contributed by atoms with Crippen LogP contribution in [0.25, 0.3) is 0 Å². The molecular formula is C9H11N3O. The summed E-state index contributed by atoms with van der Waals surface area (Å²) in [6.07, 6.45) is 4.25. The third-order valence-electron chi connectivity index (χ3n) is 2.04. The third-order valence-corrected chi connectivity index (χ3v) is 2.04. The number of hydrazone groups is 1. The van der Waals surface area contributed by atoms with Crippen LogP contribution in [0.4, 0.5) is 5.82 Å². The molecular weight excluding hydrogens is 166 g/mol. The molecule has 1 aromatic rings. The van der Waals surface area contributed by atoms with E-state index in [1.54, 1.807) is 12.1 Å². The number of anilines is 1. The van der Waals surface area contributed by atoms with E-state index < -0.39 is 0 Å². The molecule has 0 saturated heterocycles. The molecule has 2 rings (SSSR count). The second-order valence-electron chi connectivity index (χ2n) is 3.10. The largest absolute Gasteiger partial charge is 0.506 e. The van der Waals surface area contributed by atoms with Crippen molar-refractivity contribution in [3.8, 4) is 5.75 Å². The smallest absolute Gasteiger partial charge is 0.149 e. The van der Waals surface area contributed by atoms with Gasteiger partial charge in [-0.3, -0.25) is 0 Å². The van der Waals surface area contributed by atoms with Crippen LogP contribution in [0.3, 0.4) is 0 Å². The van der Waals surface area contributed by atoms with Crippen LogP contribution in [-0.4, -0.2) is 22.3 Å². The van der Waals surface area contributed by atoms with E-state index in [2.05, 4.69) is 17.0 Å². The zero-order valence-corrected chi connectivity index (χ0v) is 7.38. The first-order valence-electron chi connectivity index (χ1n) is 4.24. The van der Waals surface area contributed by atoms with E-state index in [-0.39, 0.29) is 5.75 Å². The number of nitrogens with zero attached hydrogens (tertiary/aromatic N) is 3. The van der Waals surface area contributed by atoms with Crippen molar-refractivity contribution in [2.45, 2.75) is 19.4 Å². The highest BCUT2D eigenvalue weighted by atomic mass is 16.3. The Morgan fingerprint density at radius 1 is 1.54 bits per heavy atom. The van der Waals surface area contributed by atoms with Gasteiger partial charge in [0.15, 0.2) is 0 Å². The molecule has 0 aromatic carbocycles. The van der Waals surface area contributed by atoms with Gasteiger partial charge in [-0.25, -0.2) is 9.99 Å². The van der Waals surface area contributed by atoms with Gasteiger partial charge in [0, 0.05) is 12.6 Å². The molecule has 1 N–H and O–H groups in total. The molecule has 1 atom stereocenters. The third kappa shape index (κ3) is 1.47. The molecule has 0 fully saturated rings. The number of aromatic hydroxyl groups is 1. The molecule has 0 radical (unpaired) electrons. The van der Waals surface area contributed by atoms with E-state index in [1.165, 1.54) is 6.20 Å². The van der Waals surface area contributed by atoms with Crippen LogP contribution < -0.4 is 5.01 Å². The zero-order valence-electron chi connectivity index (χ0n) is 7.38. The van der Waals surface area contributed by atoms with Crippen molar-refractivity contribution in [2.75, 3.05) is 5.01 Å². The summed E-state index contributed by atoms with van der Waals surface area (Å²) in [6, 6.07) is 3.73. The predicted octanol–water partition coefficient (Wildman–Crippen LogP) is 1.37. The summed E-state index contributed by atoms with van der Waals surface area (Å²) in [5.74, 6) is 0.957. The lowest BCUT2D eigenvalue weighted by Crippen LogP contribution is -2.23. The van der Waals surface area contributed by atoms with Crippen LogP contribution in [-0.2, 0) is 0 Å². The van der Waals surface area contributed by atoms with Crippen molar-refractivity contribution in [2.24, 2.45) is 5.10 Å². The Morgan fingerprint density at radius 3 is 2.92 bits per heavy atom. The number of rotatable bonds is 1. The van der Waals surface area contributed by atoms with Gasteiger partial charge in [-0.1, -0.05) is 0 Å². The number of hydrogen-bond acceptors (Lipinski definition) is 4. The molecule has 0 spiro atoms. The normalized spacial score (nSPS) is 21.0. The second-order valence-corrected chi connectivity index (χ2v) is 3.10. The average Bonchev–Trinajstić information content (AvgIpc) is 2.53. The molecule has 1 aliphatic heterocycles. The van der Waals surface area contributed by atoms with Gasteiger partial charge in [0.25, 0.3) is 0 Å². The van der Waals surface area contributed by atoms with Gasteiger partial charge >= 0.3 is 0 Å². The van der Waals surface area contributed by atoms with Crippen LogP contribution in [0, 0.1) is 0 Å². The van der Waals surface area contributed by atoms with E-state index in [0.29, 0.717) is 6.04 Å². The summed E-state index contributed by atoms with van der Waals surface area (Å²) in [6.45, 7) is 2.08. The van der Waals surface area contributed by atoms with Crippen LogP contribution in [0.15, 0.2) is 23.4 Å². The van der Waals surface area contributed by atoms with Gasteiger partial charge in [-0.2, -0.15) is 5.10 Å². The fraction of sp³-hybridized carbons (Fsp3) is 0.333. The lowest BCUT2D eigenvalue weighted by Gasteiger charge is -2.18. The van der Waals surface area contributed by atoms with Gasteiger partial charge in [0.2, 0.25) is 0 Å². The van der Waals surface area contributed by atoms with Crippen LogP contribution >= 0.6 is 0 Å². The van der Waals surface area contributed by atoms with Crippen LogP contribution in [0.1, 0.15) is 13.3 Å². The maximum atomic E-state index is 9.05. The first-order valence-corrected chi connectivity index (χ1v) is 4.24. The minimum atomic E-state index is 0.180. The van der Waals surface area contributed by atoms with E-state index in [9.17, 15) is 0 Å². The Kier molecular flexibility index (Phi) is 1.88. The maximum Gasteiger partial charge on any atom is 0.149 e. The van der Waals surface area contributed by atoms with Crippen molar-refractivity contribution in [3.63, 3.8) is 0 Å². The summed E-state index contributed by atoms with van der Waals surface area (Å²) in [5.41, 5.74) is 0. The Hall–Kier alpha value is -1.58. The van der Waals surface area contributed by atoms with Crippen molar-refractivity contribution >= 4 is 12.0 Å². The van der Waals surface area contributed by atoms with E-state index in [1.807, 2.05) is 11.2 Å². The molecule has 1 aromatic heterocycles. The Bertz CT molecular complexity index is 320. The molecule has 0 bridgehead atoms. The fourth-order valence-corrected chi connectivity index (χ4v) is 1.30. The summed E-state index contributed by atoms with van der Waals surface area (Å²) in [7, 11) is 0. The highest BCUT2D eigenvalue weighted by molar-refractivity contribution is 5.65. The van der Waals surface area contributed by atoms with Gasteiger partial charge in [-0.05, 0) is 19.1 Å². The zero-order chi connectivity index (χ0) is 9.26. The Labute approximate surface area is 76.5 Å². The van der Waals surface area contributed by atoms with Gasteiger partial charge in [-0.15, -0.1) is 0 Å². The quantitative estimate of drug-likeness (QED) is 0.704. The van der Waals surface area contributed by atoms with Crippen molar-refractivity contribution in [1.29, 1.82) is 0 Å². The highest BCUT2D eigenvalue weighted by Crippen LogP contribution is 2.20. The molecule has 1 unspecified atom stereocenters. The van der Waals surface area contributed by atoms with E-state index >= 15 is 0 Å². The number of pyridine rings is 1. The van der Waals surface area contributed by atoms with Gasteiger partial charge in [0.1, 0.15) is 11.6 Å². The number of hydrogen-bond donors (Lipinski definition) is 1. The van der Waals surface area contributed by atoms with Crippen LogP contribution in [0.5, 0.6) is 5.75 Å². The highest BCUT2D eigenvalue weighted by Gasteiger charge is 2.17. The summed E-state index contributed by atoms with van der Waals surface area (Å²) in [4.78, 5) is 4.07. The topological polar surface area (TPSA) is 48.7 Å². The minimum Gasteiger partial charge on any atom is -0.506 e. The standard InChI is InChI=1S/C9H11N3O/c1-7-4-5-11-12(7)9-3-2-8(13)6-10-9/h2-3,5-7,13H,4H2,1H3. The van der Waals surface area contributed by atoms with E-state index in [4.69, 9.17) is 5.11 Å². The molecule has 2 heterocycles. The summed E-state index contributed by atoms with van der Waals surface area (Å²) >= 11 is 0. The molecule has 0 saturated carbocycles. The first-order chi connectivity index (χ1) is 6.27. The van der Waals surface area contributed by atoms with Gasteiger partial charge < -0.3 is 5.11 Å². The maximum absolute atomic E-state index is 9.05. The number of aromatic nitrogens is 1. The molecule has 1 aliphatic rings.